The van der Waals surface area contributed by atoms with Gasteiger partial charge in [-0.25, -0.2) is 9.48 Å². The molecule has 0 radical (unpaired) electrons. The summed E-state index contributed by atoms with van der Waals surface area (Å²) in [6.45, 7) is 4.72. The zero-order valence-electron chi connectivity index (χ0n) is 18.7. The van der Waals surface area contributed by atoms with E-state index in [0.29, 0.717) is 38.5 Å². The van der Waals surface area contributed by atoms with E-state index in [-0.39, 0.29) is 24.1 Å². The van der Waals surface area contributed by atoms with Crippen LogP contribution in [-0.2, 0) is 22.6 Å². The molecule has 2 heterocycles. The van der Waals surface area contributed by atoms with Crippen LogP contribution >= 0.6 is 0 Å². The molecule has 0 bridgehead atoms. The number of ether oxygens (including phenoxy) is 2. The third kappa shape index (κ3) is 4.70. The number of amides is 1. The van der Waals surface area contributed by atoms with Gasteiger partial charge in [-0.2, -0.15) is 5.10 Å². The Labute approximate surface area is 187 Å². The quantitative estimate of drug-likeness (QED) is 0.540. The fraction of sp³-hybridized carbons (Fsp3) is 0.458. The molecule has 0 spiro atoms. The van der Waals surface area contributed by atoms with Crippen molar-refractivity contribution in [2.75, 3.05) is 33.4 Å². The number of carbonyl (C=O) groups excluding carboxylic acids is 1. The van der Waals surface area contributed by atoms with Crippen molar-refractivity contribution in [2.24, 2.45) is 0 Å². The summed E-state index contributed by atoms with van der Waals surface area (Å²) in [6, 6.07) is 13.9. The lowest BCUT2D eigenvalue weighted by atomic mass is 9.96. The van der Waals surface area contributed by atoms with Crippen LogP contribution in [0, 0.1) is 0 Å². The minimum Gasteiger partial charge on any atom is -0.484 e. The highest BCUT2D eigenvalue weighted by molar-refractivity contribution is 5.84. The number of hydrogen-bond acceptors (Lipinski definition) is 5. The molecule has 8 nitrogen and oxygen atoms in total. The van der Waals surface area contributed by atoms with E-state index in [4.69, 9.17) is 9.47 Å². The Kier molecular flexibility index (Phi) is 6.90. The van der Waals surface area contributed by atoms with E-state index in [1.165, 1.54) is 4.68 Å². The van der Waals surface area contributed by atoms with Crippen LogP contribution in [0.25, 0.3) is 10.8 Å². The summed E-state index contributed by atoms with van der Waals surface area (Å²) in [7, 11) is 1.61. The van der Waals surface area contributed by atoms with Crippen LogP contribution in [0.4, 0.5) is 0 Å². The summed E-state index contributed by atoms with van der Waals surface area (Å²) in [5.74, 6) is 1.65. The normalized spacial score (nSPS) is 14.8. The molecule has 1 aliphatic rings. The van der Waals surface area contributed by atoms with Crippen LogP contribution in [0.3, 0.4) is 0 Å². The molecule has 1 amide bonds. The molecule has 0 atom stereocenters. The molecule has 8 heteroatoms. The average molecular weight is 439 g/mol. The van der Waals surface area contributed by atoms with Gasteiger partial charge < -0.3 is 14.4 Å². The molecule has 1 fully saturated rings. The van der Waals surface area contributed by atoms with Crippen molar-refractivity contribution in [1.82, 2.24) is 19.2 Å². The van der Waals surface area contributed by atoms with Gasteiger partial charge in [0.15, 0.2) is 6.61 Å². The van der Waals surface area contributed by atoms with Crippen LogP contribution < -0.4 is 10.4 Å². The zero-order valence-corrected chi connectivity index (χ0v) is 18.7. The zero-order chi connectivity index (χ0) is 22.5. The van der Waals surface area contributed by atoms with Crippen LogP contribution in [0.2, 0.25) is 0 Å². The lowest BCUT2D eigenvalue weighted by Crippen LogP contribution is -2.41. The van der Waals surface area contributed by atoms with E-state index in [1.807, 2.05) is 54.3 Å². The van der Waals surface area contributed by atoms with Crippen molar-refractivity contribution in [3.8, 4) is 5.75 Å². The summed E-state index contributed by atoms with van der Waals surface area (Å²) in [5.41, 5.74) is -0.0955. The lowest BCUT2D eigenvalue weighted by molar-refractivity contribution is -0.134. The standard InChI is InChI=1S/C24H30N4O4/c1-3-27-23(25-28(24(27)30)14-15-31-2)19-10-12-26(13-11-19)22(29)17-32-21-9-8-18-6-4-5-7-20(18)16-21/h4-9,16,19H,3,10-15,17H2,1-2H3. The summed E-state index contributed by atoms with van der Waals surface area (Å²) in [6.07, 6.45) is 1.56. The van der Waals surface area contributed by atoms with Gasteiger partial charge in [0.2, 0.25) is 0 Å². The van der Waals surface area contributed by atoms with E-state index >= 15 is 0 Å². The topological polar surface area (TPSA) is 78.6 Å². The molecule has 32 heavy (non-hydrogen) atoms. The van der Waals surface area contributed by atoms with Gasteiger partial charge in [-0.05, 0) is 42.7 Å². The van der Waals surface area contributed by atoms with E-state index in [1.54, 1.807) is 11.7 Å². The average Bonchev–Trinajstić information content (AvgIpc) is 3.16. The number of carbonyl (C=O) groups is 1. The van der Waals surface area contributed by atoms with Crippen molar-refractivity contribution in [1.29, 1.82) is 0 Å². The highest BCUT2D eigenvalue weighted by Crippen LogP contribution is 2.26. The van der Waals surface area contributed by atoms with Crippen LogP contribution in [0.1, 0.15) is 31.5 Å². The molecule has 0 aliphatic carbocycles. The minimum absolute atomic E-state index is 0.0184. The Morgan fingerprint density at radius 2 is 1.88 bits per heavy atom. The first-order valence-corrected chi connectivity index (χ1v) is 11.2. The van der Waals surface area contributed by atoms with Gasteiger partial charge in [-0.15, -0.1) is 0 Å². The number of aromatic nitrogens is 3. The fourth-order valence-corrected chi connectivity index (χ4v) is 4.26. The van der Waals surface area contributed by atoms with E-state index in [9.17, 15) is 9.59 Å². The van der Waals surface area contributed by atoms with Crippen molar-refractivity contribution in [2.45, 2.75) is 38.8 Å². The molecule has 1 aliphatic heterocycles. The third-order valence-corrected chi connectivity index (χ3v) is 6.07. The largest absolute Gasteiger partial charge is 0.484 e. The van der Waals surface area contributed by atoms with Crippen LogP contribution in [0.15, 0.2) is 47.3 Å². The van der Waals surface area contributed by atoms with Crippen LogP contribution in [0.5, 0.6) is 5.75 Å². The molecule has 2 aromatic carbocycles. The molecule has 170 valence electrons. The lowest BCUT2D eigenvalue weighted by Gasteiger charge is -2.31. The Hall–Kier alpha value is -3.13. The summed E-state index contributed by atoms with van der Waals surface area (Å²) >= 11 is 0. The van der Waals surface area contributed by atoms with E-state index in [2.05, 4.69) is 5.10 Å². The first kappa shape index (κ1) is 22.1. The summed E-state index contributed by atoms with van der Waals surface area (Å²) in [5, 5.41) is 6.80. The van der Waals surface area contributed by atoms with E-state index in [0.717, 1.165) is 29.4 Å². The van der Waals surface area contributed by atoms with Gasteiger partial charge in [-0.3, -0.25) is 9.36 Å². The number of nitrogens with zero attached hydrogens (tertiary/aromatic N) is 4. The highest BCUT2D eigenvalue weighted by atomic mass is 16.5. The molecule has 0 unspecified atom stereocenters. The molecule has 0 saturated carbocycles. The molecule has 3 aromatic rings. The number of likely N-dealkylation sites (tertiary alicyclic amines) is 1. The molecule has 0 N–H and O–H groups in total. The van der Waals surface area contributed by atoms with Gasteiger partial charge >= 0.3 is 5.69 Å². The fourth-order valence-electron chi connectivity index (χ4n) is 4.26. The van der Waals surface area contributed by atoms with Crippen molar-refractivity contribution < 1.29 is 14.3 Å². The second kappa shape index (κ2) is 9.99. The predicted molar refractivity (Wildman–Crippen MR) is 122 cm³/mol. The minimum atomic E-state index is -0.0955. The molecule has 1 aromatic heterocycles. The summed E-state index contributed by atoms with van der Waals surface area (Å²) in [4.78, 5) is 27.1. The molecular formula is C24H30N4O4. The van der Waals surface area contributed by atoms with Crippen molar-refractivity contribution in [3.63, 3.8) is 0 Å². The van der Waals surface area contributed by atoms with Crippen molar-refractivity contribution in [3.05, 3.63) is 58.8 Å². The number of hydrogen-bond donors (Lipinski definition) is 0. The van der Waals surface area contributed by atoms with Crippen molar-refractivity contribution >= 4 is 16.7 Å². The molecular weight excluding hydrogens is 408 g/mol. The van der Waals surface area contributed by atoms with Gasteiger partial charge in [0.1, 0.15) is 11.6 Å². The maximum atomic E-state index is 12.7. The number of fused-ring (bicyclic) bond motifs is 1. The Morgan fingerprint density at radius 1 is 1.12 bits per heavy atom. The maximum absolute atomic E-state index is 12.7. The van der Waals surface area contributed by atoms with Crippen LogP contribution in [-0.4, -0.2) is 58.6 Å². The smallest absolute Gasteiger partial charge is 0.345 e. The molecule has 1 saturated heterocycles. The Bertz CT molecular complexity index is 1130. The van der Waals surface area contributed by atoms with Gasteiger partial charge in [0.25, 0.3) is 5.91 Å². The maximum Gasteiger partial charge on any atom is 0.345 e. The first-order chi connectivity index (χ1) is 15.6. The monoisotopic (exact) mass is 438 g/mol. The number of rotatable bonds is 8. The Balaban J connectivity index is 1.34. The third-order valence-electron chi connectivity index (χ3n) is 6.07. The Morgan fingerprint density at radius 3 is 2.59 bits per heavy atom. The van der Waals surface area contributed by atoms with Gasteiger partial charge in [0, 0.05) is 32.7 Å². The SMILES string of the molecule is CCn1c(C2CCN(C(=O)COc3ccc4ccccc4c3)CC2)nn(CCOC)c1=O. The second-order valence-corrected chi connectivity index (χ2v) is 8.05. The number of methoxy groups -OCH3 is 1. The highest BCUT2D eigenvalue weighted by Gasteiger charge is 2.28. The molecule has 4 rings (SSSR count). The number of benzene rings is 2. The van der Waals surface area contributed by atoms with E-state index < -0.39 is 0 Å². The second-order valence-electron chi connectivity index (χ2n) is 8.05. The predicted octanol–water partition coefficient (Wildman–Crippen LogP) is 2.65. The first-order valence-electron chi connectivity index (χ1n) is 11.2. The van der Waals surface area contributed by atoms with Gasteiger partial charge in [-0.1, -0.05) is 30.3 Å². The summed E-state index contributed by atoms with van der Waals surface area (Å²) < 4.78 is 14.1. The van der Waals surface area contributed by atoms with Gasteiger partial charge in [0.05, 0.1) is 13.2 Å². The number of piperidine rings is 1.